The van der Waals surface area contributed by atoms with Crippen molar-refractivity contribution in [3.05, 3.63) is 53.7 Å². The van der Waals surface area contributed by atoms with Crippen molar-refractivity contribution >= 4 is 6.29 Å². The lowest BCUT2D eigenvalue weighted by atomic mass is 10.1. The summed E-state index contributed by atoms with van der Waals surface area (Å²) in [5.41, 5.74) is 1.18. The van der Waals surface area contributed by atoms with Crippen LogP contribution in [-0.2, 0) is 0 Å². The summed E-state index contributed by atoms with van der Waals surface area (Å²) in [6, 6.07) is 6.25. The van der Waals surface area contributed by atoms with Gasteiger partial charge in [0.2, 0.25) is 0 Å². The van der Waals surface area contributed by atoms with Gasteiger partial charge in [0, 0.05) is 23.4 Å². The van der Waals surface area contributed by atoms with Crippen LogP contribution in [0.1, 0.15) is 10.4 Å². The Balaban J connectivity index is 2.45. The van der Waals surface area contributed by atoms with Crippen LogP contribution in [0.25, 0.3) is 11.3 Å². The highest BCUT2D eigenvalue weighted by molar-refractivity contribution is 5.75. The lowest BCUT2D eigenvalue weighted by Gasteiger charge is -2.01. The third-order valence-corrected chi connectivity index (χ3v) is 2.08. The standard InChI is InChI=1S/C12H7F2NO/c13-10-3-9(4-11(14)5-10)12-2-1-8(7-16)6-15-12/h1-7H. The largest absolute Gasteiger partial charge is 0.298 e. The zero-order valence-electron chi connectivity index (χ0n) is 8.15. The summed E-state index contributed by atoms with van der Waals surface area (Å²) in [7, 11) is 0. The summed E-state index contributed by atoms with van der Waals surface area (Å²) in [5, 5.41) is 0. The summed E-state index contributed by atoms with van der Waals surface area (Å²) >= 11 is 0. The van der Waals surface area contributed by atoms with E-state index in [1.165, 1.54) is 30.5 Å². The Morgan fingerprint density at radius 3 is 2.25 bits per heavy atom. The molecule has 80 valence electrons. The molecule has 0 N–H and O–H groups in total. The number of carbonyl (C=O) groups excluding carboxylic acids is 1. The van der Waals surface area contributed by atoms with Crippen molar-refractivity contribution in [1.82, 2.24) is 4.98 Å². The number of rotatable bonds is 2. The molecule has 0 aliphatic rings. The Morgan fingerprint density at radius 1 is 1.06 bits per heavy atom. The van der Waals surface area contributed by atoms with E-state index < -0.39 is 11.6 Å². The second kappa shape index (κ2) is 4.18. The number of aromatic nitrogens is 1. The van der Waals surface area contributed by atoms with Crippen LogP contribution in [0.15, 0.2) is 36.5 Å². The van der Waals surface area contributed by atoms with E-state index in [0.717, 1.165) is 6.07 Å². The summed E-state index contributed by atoms with van der Waals surface area (Å²) in [4.78, 5) is 14.3. The highest BCUT2D eigenvalue weighted by atomic mass is 19.1. The van der Waals surface area contributed by atoms with Crippen molar-refractivity contribution in [1.29, 1.82) is 0 Å². The molecule has 0 radical (unpaired) electrons. The van der Waals surface area contributed by atoms with E-state index >= 15 is 0 Å². The molecule has 0 fully saturated rings. The van der Waals surface area contributed by atoms with Gasteiger partial charge in [0.15, 0.2) is 6.29 Å². The van der Waals surface area contributed by atoms with Gasteiger partial charge in [-0.25, -0.2) is 8.78 Å². The molecule has 2 nitrogen and oxygen atoms in total. The second-order valence-corrected chi connectivity index (χ2v) is 3.25. The number of nitrogens with zero attached hydrogens (tertiary/aromatic N) is 1. The van der Waals surface area contributed by atoms with E-state index in [9.17, 15) is 13.6 Å². The predicted molar refractivity (Wildman–Crippen MR) is 55.0 cm³/mol. The fourth-order valence-electron chi connectivity index (χ4n) is 1.35. The number of benzene rings is 1. The molecule has 4 heteroatoms. The molecule has 0 saturated heterocycles. The molecule has 1 heterocycles. The van der Waals surface area contributed by atoms with Crippen molar-refractivity contribution in [2.45, 2.75) is 0 Å². The Kier molecular flexibility index (Phi) is 2.72. The minimum absolute atomic E-state index is 0.343. The third kappa shape index (κ3) is 2.11. The van der Waals surface area contributed by atoms with Gasteiger partial charge in [0.1, 0.15) is 11.6 Å². The number of hydrogen-bond donors (Lipinski definition) is 0. The summed E-state index contributed by atoms with van der Waals surface area (Å²) in [6.45, 7) is 0. The van der Waals surface area contributed by atoms with Gasteiger partial charge < -0.3 is 0 Å². The average Bonchev–Trinajstić information content (AvgIpc) is 2.28. The van der Waals surface area contributed by atoms with Crippen LogP contribution in [0.4, 0.5) is 8.78 Å². The Bertz CT molecular complexity index is 503. The molecule has 1 aromatic heterocycles. The molecule has 0 bridgehead atoms. The van der Waals surface area contributed by atoms with Gasteiger partial charge in [-0.2, -0.15) is 0 Å². The Labute approximate surface area is 90.6 Å². The second-order valence-electron chi connectivity index (χ2n) is 3.25. The maximum atomic E-state index is 12.9. The number of pyridine rings is 1. The highest BCUT2D eigenvalue weighted by Gasteiger charge is 2.04. The van der Waals surface area contributed by atoms with E-state index in [0.29, 0.717) is 23.1 Å². The molecule has 0 spiro atoms. The van der Waals surface area contributed by atoms with Crippen molar-refractivity contribution in [3.8, 4) is 11.3 Å². The van der Waals surface area contributed by atoms with Gasteiger partial charge in [-0.05, 0) is 24.3 Å². The molecule has 1 aromatic carbocycles. The van der Waals surface area contributed by atoms with Gasteiger partial charge in [0.25, 0.3) is 0 Å². The lowest BCUT2D eigenvalue weighted by molar-refractivity contribution is 0.112. The molecule has 2 rings (SSSR count). The predicted octanol–water partition coefficient (Wildman–Crippen LogP) is 2.84. The molecule has 2 aromatic rings. The molecule has 0 atom stereocenters. The van der Waals surface area contributed by atoms with E-state index in [1.807, 2.05) is 0 Å². The van der Waals surface area contributed by atoms with E-state index in [1.54, 1.807) is 0 Å². The van der Waals surface area contributed by atoms with Crippen molar-refractivity contribution in [2.24, 2.45) is 0 Å². The summed E-state index contributed by atoms with van der Waals surface area (Å²) < 4.78 is 25.9. The normalized spacial score (nSPS) is 10.1. The Hall–Kier alpha value is -2.10. The SMILES string of the molecule is O=Cc1ccc(-c2cc(F)cc(F)c2)nc1. The topological polar surface area (TPSA) is 30.0 Å². The van der Waals surface area contributed by atoms with E-state index in [-0.39, 0.29) is 0 Å². The minimum atomic E-state index is -0.656. The van der Waals surface area contributed by atoms with Gasteiger partial charge in [-0.1, -0.05) is 0 Å². The lowest BCUT2D eigenvalue weighted by Crippen LogP contribution is -1.88. The summed E-state index contributed by atoms with van der Waals surface area (Å²) in [5.74, 6) is -1.31. The first-order valence-electron chi connectivity index (χ1n) is 4.57. The molecule has 0 aliphatic heterocycles. The first-order chi connectivity index (χ1) is 7.69. The van der Waals surface area contributed by atoms with Crippen molar-refractivity contribution in [3.63, 3.8) is 0 Å². The van der Waals surface area contributed by atoms with Crippen LogP contribution in [0.5, 0.6) is 0 Å². The molecule has 0 aliphatic carbocycles. The zero-order valence-corrected chi connectivity index (χ0v) is 8.15. The highest BCUT2D eigenvalue weighted by Crippen LogP contribution is 2.19. The maximum Gasteiger partial charge on any atom is 0.151 e. The van der Waals surface area contributed by atoms with Gasteiger partial charge in [0.05, 0.1) is 5.69 Å². The van der Waals surface area contributed by atoms with Gasteiger partial charge in [-0.15, -0.1) is 0 Å². The van der Waals surface area contributed by atoms with Gasteiger partial charge in [-0.3, -0.25) is 9.78 Å². The van der Waals surface area contributed by atoms with Crippen molar-refractivity contribution < 1.29 is 13.6 Å². The smallest absolute Gasteiger partial charge is 0.151 e. The zero-order chi connectivity index (χ0) is 11.5. The third-order valence-electron chi connectivity index (χ3n) is 2.08. The molecule has 0 saturated carbocycles. The molecular weight excluding hydrogens is 212 g/mol. The van der Waals surface area contributed by atoms with Crippen LogP contribution in [0, 0.1) is 11.6 Å². The first kappa shape index (κ1) is 10.4. The quantitative estimate of drug-likeness (QED) is 0.727. The monoisotopic (exact) mass is 219 g/mol. The minimum Gasteiger partial charge on any atom is -0.298 e. The summed E-state index contributed by atoms with van der Waals surface area (Å²) in [6.07, 6.45) is 2.01. The molecule has 0 amide bonds. The number of hydrogen-bond acceptors (Lipinski definition) is 2. The molecular formula is C12H7F2NO. The molecule has 16 heavy (non-hydrogen) atoms. The van der Waals surface area contributed by atoms with Crippen molar-refractivity contribution in [2.75, 3.05) is 0 Å². The van der Waals surface area contributed by atoms with E-state index in [4.69, 9.17) is 0 Å². The average molecular weight is 219 g/mol. The van der Waals surface area contributed by atoms with Crippen LogP contribution in [0.2, 0.25) is 0 Å². The number of aldehydes is 1. The number of carbonyl (C=O) groups is 1. The van der Waals surface area contributed by atoms with Crippen LogP contribution in [-0.4, -0.2) is 11.3 Å². The van der Waals surface area contributed by atoms with E-state index in [2.05, 4.69) is 4.98 Å². The fraction of sp³-hybridized carbons (Fsp3) is 0. The van der Waals surface area contributed by atoms with Gasteiger partial charge >= 0.3 is 0 Å². The van der Waals surface area contributed by atoms with Crippen LogP contribution >= 0.6 is 0 Å². The molecule has 0 unspecified atom stereocenters. The Morgan fingerprint density at radius 2 is 1.75 bits per heavy atom. The van der Waals surface area contributed by atoms with Crippen LogP contribution < -0.4 is 0 Å². The fourth-order valence-corrected chi connectivity index (χ4v) is 1.35. The van der Waals surface area contributed by atoms with Crippen LogP contribution in [0.3, 0.4) is 0 Å². The number of halogens is 2. The maximum absolute atomic E-state index is 12.9. The first-order valence-corrected chi connectivity index (χ1v) is 4.57.